The molecule has 0 aromatic carbocycles. The molecule has 2 fully saturated rings. The third kappa shape index (κ3) is 6.51. The first-order valence-electron chi connectivity index (χ1n) is 11.2. The summed E-state index contributed by atoms with van der Waals surface area (Å²) in [5.74, 6) is -1.22. The largest absolute Gasteiger partial charge is 0.451 e. The van der Waals surface area contributed by atoms with Gasteiger partial charge in [-0.1, -0.05) is 19.9 Å². The van der Waals surface area contributed by atoms with Crippen molar-refractivity contribution in [2.24, 2.45) is 11.8 Å². The monoisotopic (exact) mass is 445 g/mol. The Bertz CT molecular complexity index is 793. The number of rotatable bonds is 6. The van der Waals surface area contributed by atoms with E-state index in [1.54, 1.807) is 9.80 Å². The van der Waals surface area contributed by atoms with Crippen molar-refractivity contribution in [3.05, 3.63) is 29.6 Å². The molecule has 0 aliphatic carbocycles. The zero-order chi connectivity index (χ0) is 23.1. The van der Waals surface area contributed by atoms with Crippen molar-refractivity contribution in [3.8, 4) is 0 Å². The molecular formula is C23H31N3O6. The van der Waals surface area contributed by atoms with Gasteiger partial charge in [0.15, 0.2) is 13.2 Å². The van der Waals surface area contributed by atoms with E-state index in [9.17, 15) is 19.2 Å². The van der Waals surface area contributed by atoms with Crippen molar-refractivity contribution >= 4 is 23.8 Å². The van der Waals surface area contributed by atoms with E-state index in [1.165, 1.54) is 18.2 Å². The van der Waals surface area contributed by atoms with Crippen LogP contribution in [0.1, 0.15) is 60.5 Å². The van der Waals surface area contributed by atoms with Crippen LogP contribution < -0.4 is 0 Å². The molecule has 2 amide bonds. The summed E-state index contributed by atoms with van der Waals surface area (Å²) in [5.41, 5.74) is -0.203. The molecule has 0 bridgehead atoms. The van der Waals surface area contributed by atoms with Crippen LogP contribution in [0.15, 0.2) is 18.2 Å². The number of esters is 2. The average Bonchev–Trinajstić information content (AvgIpc) is 2.80. The standard InChI is InChI=1S/C23H31N3O6/c1-16-6-4-10-25(12-16)20(27)14-31-22(29)18-8-3-9-19(24-18)23(30)32-15-21(28)26-11-5-7-17(2)13-26/h3,8-9,16-17H,4-7,10-15H2,1-2H3. The fraction of sp³-hybridized carbons (Fsp3) is 0.609. The Balaban J connectivity index is 1.49. The second-order valence-corrected chi connectivity index (χ2v) is 8.73. The van der Waals surface area contributed by atoms with E-state index in [0.29, 0.717) is 38.0 Å². The predicted molar refractivity (Wildman–Crippen MR) is 115 cm³/mol. The number of nitrogens with zero attached hydrogens (tertiary/aromatic N) is 3. The highest BCUT2D eigenvalue weighted by molar-refractivity contribution is 5.93. The molecule has 2 aliphatic heterocycles. The van der Waals surface area contributed by atoms with E-state index in [1.807, 2.05) is 0 Å². The minimum absolute atomic E-state index is 0.101. The molecular weight excluding hydrogens is 414 g/mol. The van der Waals surface area contributed by atoms with Crippen LogP contribution in [0.4, 0.5) is 0 Å². The number of amides is 2. The second kappa shape index (κ2) is 11.1. The number of carbonyl (C=O) groups excluding carboxylic acids is 4. The molecule has 2 unspecified atom stereocenters. The molecule has 0 saturated carbocycles. The van der Waals surface area contributed by atoms with E-state index in [-0.39, 0.29) is 36.4 Å². The summed E-state index contributed by atoms with van der Waals surface area (Å²) < 4.78 is 10.2. The summed E-state index contributed by atoms with van der Waals surface area (Å²) in [7, 11) is 0. The molecule has 32 heavy (non-hydrogen) atoms. The van der Waals surface area contributed by atoms with Gasteiger partial charge in [-0.15, -0.1) is 0 Å². The predicted octanol–water partition coefficient (Wildman–Crippen LogP) is 1.91. The lowest BCUT2D eigenvalue weighted by Crippen LogP contribution is -2.41. The van der Waals surface area contributed by atoms with Crippen LogP contribution in [-0.2, 0) is 19.1 Å². The number of pyridine rings is 1. The van der Waals surface area contributed by atoms with Gasteiger partial charge in [0.05, 0.1) is 0 Å². The molecule has 0 spiro atoms. The molecule has 2 saturated heterocycles. The zero-order valence-electron chi connectivity index (χ0n) is 18.7. The van der Waals surface area contributed by atoms with Gasteiger partial charge < -0.3 is 19.3 Å². The molecule has 0 N–H and O–H groups in total. The van der Waals surface area contributed by atoms with Gasteiger partial charge in [-0.3, -0.25) is 9.59 Å². The second-order valence-electron chi connectivity index (χ2n) is 8.73. The summed E-state index contributed by atoms with van der Waals surface area (Å²) in [6.07, 6.45) is 4.04. The first kappa shape index (κ1) is 23.7. The smallest absolute Gasteiger partial charge is 0.357 e. The van der Waals surface area contributed by atoms with E-state index in [0.717, 1.165) is 25.7 Å². The van der Waals surface area contributed by atoms with Crippen LogP contribution >= 0.6 is 0 Å². The SMILES string of the molecule is CC1CCCN(C(=O)COC(=O)c2cccc(C(=O)OCC(=O)N3CCCC(C)C3)n2)C1. The minimum atomic E-state index is -0.795. The van der Waals surface area contributed by atoms with Gasteiger partial charge in [-0.25, -0.2) is 14.6 Å². The topological polar surface area (TPSA) is 106 Å². The van der Waals surface area contributed by atoms with Gasteiger partial charge in [-0.2, -0.15) is 0 Å². The van der Waals surface area contributed by atoms with Gasteiger partial charge in [0, 0.05) is 26.2 Å². The maximum atomic E-state index is 12.3. The zero-order valence-corrected chi connectivity index (χ0v) is 18.7. The molecule has 2 aliphatic rings. The van der Waals surface area contributed by atoms with Gasteiger partial charge in [0.1, 0.15) is 11.4 Å². The van der Waals surface area contributed by atoms with Crippen LogP contribution in [0.2, 0.25) is 0 Å². The van der Waals surface area contributed by atoms with Gasteiger partial charge in [0.2, 0.25) is 0 Å². The number of piperidine rings is 2. The van der Waals surface area contributed by atoms with Gasteiger partial charge in [0.25, 0.3) is 11.8 Å². The number of likely N-dealkylation sites (tertiary alicyclic amines) is 2. The van der Waals surface area contributed by atoms with E-state index in [2.05, 4.69) is 18.8 Å². The van der Waals surface area contributed by atoms with Gasteiger partial charge in [-0.05, 0) is 49.7 Å². The normalized spacial score (nSPS) is 21.1. The fourth-order valence-electron chi connectivity index (χ4n) is 4.08. The van der Waals surface area contributed by atoms with Crippen LogP contribution in [0.25, 0.3) is 0 Å². The van der Waals surface area contributed by atoms with E-state index in [4.69, 9.17) is 9.47 Å². The summed E-state index contributed by atoms with van der Waals surface area (Å²) in [6, 6.07) is 4.27. The Kier molecular flexibility index (Phi) is 8.19. The van der Waals surface area contributed by atoms with Crippen molar-refractivity contribution in [2.45, 2.75) is 39.5 Å². The lowest BCUT2D eigenvalue weighted by Gasteiger charge is -2.30. The molecule has 9 nitrogen and oxygen atoms in total. The molecule has 3 rings (SSSR count). The first-order valence-corrected chi connectivity index (χ1v) is 11.2. The van der Waals surface area contributed by atoms with Crippen molar-refractivity contribution in [3.63, 3.8) is 0 Å². The summed E-state index contributed by atoms with van der Waals surface area (Å²) in [5, 5.41) is 0. The molecule has 1 aromatic rings. The number of aromatic nitrogens is 1. The summed E-state index contributed by atoms with van der Waals surface area (Å²) in [6.45, 7) is 6.07. The highest BCUT2D eigenvalue weighted by atomic mass is 16.5. The van der Waals surface area contributed by atoms with Crippen molar-refractivity contribution in [1.82, 2.24) is 14.8 Å². The van der Waals surface area contributed by atoms with Crippen LogP contribution in [0.3, 0.4) is 0 Å². The summed E-state index contributed by atoms with van der Waals surface area (Å²) >= 11 is 0. The first-order chi connectivity index (χ1) is 15.3. The van der Waals surface area contributed by atoms with Crippen LogP contribution in [-0.4, -0.2) is 77.9 Å². The maximum absolute atomic E-state index is 12.3. The van der Waals surface area contributed by atoms with E-state index >= 15 is 0 Å². The molecule has 0 radical (unpaired) electrons. The van der Waals surface area contributed by atoms with Crippen LogP contribution in [0.5, 0.6) is 0 Å². The van der Waals surface area contributed by atoms with Crippen molar-refractivity contribution < 1.29 is 28.7 Å². The quantitative estimate of drug-likeness (QED) is 0.616. The lowest BCUT2D eigenvalue weighted by molar-refractivity contribution is -0.136. The molecule has 1 aromatic heterocycles. The molecule has 9 heteroatoms. The van der Waals surface area contributed by atoms with Crippen molar-refractivity contribution in [2.75, 3.05) is 39.4 Å². The average molecular weight is 446 g/mol. The highest BCUT2D eigenvalue weighted by Crippen LogP contribution is 2.16. The van der Waals surface area contributed by atoms with Crippen LogP contribution in [0, 0.1) is 11.8 Å². The lowest BCUT2D eigenvalue weighted by atomic mass is 10.0. The Labute approximate surface area is 188 Å². The number of ether oxygens (including phenoxy) is 2. The molecule has 174 valence electrons. The van der Waals surface area contributed by atoms with E-state index < -0.39 is 11.9 Å². The summed E-state index contributed by atoms with van der Waals surface area (Å²) in [4.78, 5) is 56.5. The number of hydrogen-bond acceptors (Lipinski definition) is 7. The Hall–Kier alpha value is -2.97. The number of carbonyl (C=O) groups is 4. The van der Waals surface area contributed by atoms with Gasteiger partial charge >= 0.3 is 11.9 Å². The highest BCUT2D eigenvalue weighted by Gasteiger charge is 2.24. The Morgan fingerprint density at radius 1 is 0.844 bits per heavy atom. The third-order valence-electron chi connectivity index (χ3n) is 5.84. The maximum Gasteiger partial charge on any atom is 0.357 e. The minimum Gasteiger partial charge on any atom is -0.451 e. The van der Waals surface area contributed by atoms with Crippen molar-refractivity contribution in [1.29, 1.82) is 0 Å². The third-order valence-corrected chi connectivity index (χ3v) is 5.84. The Morgan fingerprint density at radius 3 is 1.69 bits per heavy atom. The fourth-order valence-corrected chi connectivity index (χ4v) is 4.08. The number of hydrogen-bond donors (Lipinski definition) is 0. The Morgan fingerprint density at radius 2 is 1.28 bits per heavy atom. The molecule has 2 atom stereocenters. The molecule has 3 heterocycles.